The lowest BCUT2D eigenvalue weighted by Gasteiger charge is -2.19. The van der Waals surface area contributed by atoms with E-state index in [0.717, 1.165) is 52.0 Å². The van der Waals surface area contributed by atoms with E-state index in [1.54, 1.807) is 0 Å². The first-order chi connectivity index (χ1) is 18.9. The molecule has 4 aromatic carbocycles. The third-order valence-electron chi connectivity index (χ3n) is 6.23. The van der Waals surface area contributed by atoms with Gasteiger partial charge < -0.3 is 14.0 Å². The monoisotopic (exact) mass is 541 g/mol. The van der Waals surface area contributed by atoms with Gasteiger partial charge in [0, 0.05) is 5.75 Å². The maximum absolute atomic E-state index is 10.8. The van der Waals surface area contributed by atoms with Gasteiger partial charge in [0.1, 0.15) is 11.5 Å². The van der Waals surface area contributed by atoms with Gasteiger partial charge in [-0.2, -0.15) is 0 Å². The smallest absolute Gasteiger partial charge is 0.119 e. The molecule has 0 N–H and O–H groups in total. The summed E-state index contributed by atoms with van der Waals surface area (Å²) in [5, 5.41) is 0. The van der Waals surface area contributed by atoms with E-state index < -0.39 is 15.9 Å². The highest BCUT2D eigenvalue weighted by molar-refractivity contribution is 7.85. The number of rotatable bonds is 13. The highest BCUT2D eigenvalue weighted by atomic mass is 32.2. The Morgan fingerprint density at radius 1 is 0.590 bits per heavy atom. The molecule has 0 aromatic heterocycles. The van der Waals surface area contributed by atoms with Crippen molar-refractivity contribution < 1.29 is 22.4 Å². The van der Waals surface area contributed by atoms with Crippen LogP contribution in [-0.2, 0) is 10.1 Å². The van der Waals surface area contributed by atoms with E-state index in [1.807, 2.05) is 72.8 Å². The minimum absolute atomic E-state index is 0.152. The van der Waals surface area contributed by atoms with E-state index in [2.05, 4.69) is 43.3 Å². The standard InChI is InChI=1S/C33H34O5S/c1-2-3-23-37-30-19-15-28(16-20-30)32(26-11-6-4-7-12-26)33(27-13-8-5-9-14-27)29-17-21-31(22-18-29)38-24-10-25-39(34,35)36/h4-9,11-22H,2-3,10,23-25H2,1H3,(H,34,35,36)/p-1/b33-32+. The Hall–Kier alpha value is -3.87. The summed E-state index contributed by atoms with van der Waals surface area (Å²) >= 11 is 0. The number of ether oxygens (including phenoxy) is 2. The molecule has 0 bridgehead atoms. The van der Waals surface area contributed by atoms with Gasteiger partial charge in [-0.15, -0.1) is 0 Å². The molecular weight excluding hydrogens is 508 g/mol. The van der Waals surface area contributed by atoms with E-state index in [0.29, 0.717) is 12.4 Å². The number of hydrogen-bond donors (Lipinski definition) is 0. The van der Waals surface area contributed by atoms with Crippen LogP contribution in [0.2, 0.25) is 0 Å². The number of benzene rings is 4. The van der Waals surface area contributed by atoms with Crippen LogP contribution in [0.15, 0.2) is 109 Å². The van der Waals surface area contributed by atoms with Gasteiger partial charge in [0.2, 0.25) is 0 Å². The molecule has 0 saturated carbocycles. The molecule has 0 aliphatic heterocycles. The van der Waals surface area contributed by atoms with Gasteiger partial charge in [0.25, 0.3) is 0 Å². The molecule has 202 valence electrons. The van der Waals surface area contributed by atoms with E-state index in [-0.39, 0.29) is 13.0 Å². The molecule has 0 saturated heterocycles. The minimum Gasteiger partial charge on any atom is -0.748 e. The normalized spacial score (nSPS) is 12.1. The van der Waals surface area contributed by atoms with Crippen LogP contribution in [-0.4, -0.2) is 31.9 Å². The molecule has 0 spiro atoms. The molecule has 5 nitrogen and oxygen atoms in total. The zero-order valence-electron chi connectivity index (χ0n) is 22.1. The Labute approximate surface area is 231 Å². The minimum atomic E-state index is -4.24. The SMILES string of the molecule is CCCCOc1ccc(/C(=C(\c2ccccc2)c2ccc(OCCCS(=O)(=O)[O-])cc2)c2ccccc2)cc1. The molecule has 0 amide bonds. The summed E-state index contributed by atoms with van der Waals surface area (Å²) in [6.45, 7) is 3.01. The van der Waals surface area contributed by atoms with Crippen LogP contribution in [0.4, 0.5) is 0 Å². The average Bonchev–Trinajstić information content (AvgIpc) is 2.96. The van der Waals surface area contributed by atoms with Gasteiger partial charge in [0.15, 0.2) is 0 Å². The summed E-state index contributed by atoms with van der Waals surface area (Å²) in [6, 6.07) is 36.6. The molecule has 39 heavy (non-hydrogen) atoms. The van der Waals surface area contributed by atoms with Gasteiger partial charge in [-0.3, -0.25) is 0 Å². The summed E-state index contributed by atoms with van der Waals surface area (Å²) in [4.78, 5) is 0. The summed E-state index contributed by atoms with van der Waals surface area (Å²) < 4.78 is 44.1. The molecule has 0 aliphatic rings. The Kier molecular flexibility index (Phi) is 9.95. The summed E-state index contributed by atoms with van der Waals surface area (Å²) in [6.07, 6.45) is 2.26. The van der Waals surface area contributed by atoms with Gasteiger partial charge in [-0.1, -0.05) is 98.3 Å². The fraction of sp³-hybridized carbons (Fsp3) is 0.212. The quantitative estimate of drug-likeness (QED) is 0.102. The maximum atomic E-state index is 10.8. The van der Waals surface area contributed by atoms with E-state index in [1.165, 1.54) is 0 Å². The Morgan fingerprint density at radius 3 is 1.36 bits per heavy atom. The van der Waals surface area contributed by atoms with E-state index >= 15 is 0 Å². The maximum Gasteiger partial charge on any atom is 0.119 e. The summed E-state index contributed by atoms with van der Waals surface area (Å²) in [5.41, 5.74) is 6.42. The number of unbranched alkanes of at least 4 members (excludes halogenated alkanes) is 1. The predicted molar refractivity (Wildman–Crippen MR) is 156 cm³/mol. The third-order valence-corrected chi connectivity index (χ3v) is 7.02. The van der Waals surface area contributed by atoms with Crippen LogP contribution in [0.25, 0.3) is 11.1 Å². The van der Waals surface area contributed by atoms with Crippen LogP contribution in [0.5, 0.6) is 11.5 Å². The molecule has 4 aromatic rings. The van der Waals surface area contributed by atoms with Crippen molar-refractivity contribution in [2.24, 2.45) is 0 Å². The van der Waals surface area contributed by atoms with Crippen molar-refractivity contribution in [2.75, 3.05) is 19.0 Å². The van der Waals surface area contributed by atoms with Crippen molar-refractivity contribution in [3.8, 4) is 11.5 Å². The van der Waals surface area contributed by atoms with Crippen molar-refractivity contribution in [1.29, 1.82) is 0 Å². The lowest BCUT2D eigenvalue weighted by Crippen LogP contribution is -2.08. The third kappa shape index (κ3) is 8.31. The second kappa shape index (κ2) is 13.8. The highest BCUT2D eigenvalue weighted by Gasteiger charge is 2.16. The number of hydrogen-bond acceptors (Lipinski definition) is 5. The first kappa shape index (κ1) is 28.1. The second-order valence-corrected chi connectivity index (χ2v) is 10.7. The van der Waals surface area contributed by atoms with Gasteiger partial charge >= 0.3 is 0 Å². The lowest BCUT2D eigenvalue weighted by atomic mass is 9.86. The predicted octanol–water partition coefficient (Wildman–Crippen LogP) is 7.19. The van der Waals surface area contributed by atoms with Crippen LogP contribution in [0.1, 0.15) is 48.4 Å². The van der Waals surface area contributed by atoms with Crippen LogP contribution in [0.3, 0.4) is 0 Å². The summed E-state index contributed by atoms with van der Waals surface area (Å²) in [7, 11) is -4.24. The first-order valence-corrected chi connectivity index (χ1v) is 14.8. The molecule has 0 fully saturated rings. The van der Waals surface area contributed by atoms with Crippen LogP contribution in [0, 0.1) is 0 Å². The fourth-order valence-corrected chi connectivity index (χ4v) is 4.79. The van der Waals surface area contributed by atoms with Crippen molar-refractivity contribution in [3.63, 3.8) is 0 Å². The second-order valence-electron chi connectivity index (χ2n) is 9.20. The molecule has 6 heteroatoms. The molecule has 0 heterocycles. The largest absolute Gasteiger partial charge is 0.748 e. The summed E-state index contributed by atoms with van der Waals surface area (Å²) in [5.74, 6) is 1.03. The average molecular weight is 542 g/mol. The Morgan fingerprint density at radius 2 is 0.974 bits per heavy atom. The van der Waals surface area contributed by atoms with Crippen LogP contribution >= 0.6 is 0 Å². The Balaban J connectivity index is 1.74. The molecular formula is C33H33O5S-. The van der Waals surface area contributed by atoms with Crippen molar-refractivity contribution in [3.05, 3.63) is 131 Å². The molecule has 0 atom stereocenters. The van der Waals surface area contributed by atoms with Crippen LogP contribution < -0.4 is 9.47 Å². The van der Waals surface area contributed by atoms with Gasteiger partial charge in [0.05, 0.1) is 23.3 Å². The van der Waals surface area contributed by atoms with Crippen molar-refractivity contribution >= 4 is 21.3 Å². The molecule has 4 rings (SSSR count). The molecule has 0 radical (unpaired) electrons. The van der Waals surface area contributed by atoms with Gasteiger partial charge in [-0.25, -0.2) is 8.42 Å². The highest BCUT2D eigenvalue weighted by Crippen LogP contribution is 2.37. The van der Waals surface area contributed by atoms with Gasteiger partial charge in [-0.05, 0) is 70.5 Å². The van der Waals surface area contributed by atoms with Crippen molar-refractivity contribution in [2.45, 2.75) is 26.2 Å². The van der Waals surface area contributed by atoms with E-state index in [9.17, 15) is 13.0 Å². The topological polar surface area (TPSA) is 75.7 Å². The molecule has 0 unspecified atom stereocenters. The Bertz CT molecular complexity index is 1440. The zero-order valence-corrected chi connectivity index (χ0v) is 22.9. The van der Waals surface area contributed by atoms with Crippen molar-refractivity contribution in [1.82, 2.24) is 0 Å². The fourth-order valence-electron chi connectivity index (χ4n) is 4.32. The van der Waals surface area contributed by atoms with E-state index in [4.69, 9.17) is 9.47 Å². The zero-order chi connectivity index (χ0) is 27.5. The first-order valence-electron chi connectivity index (χ1n) is 13.2. The molecule has 0 aliphatic carbocycles. The lowest BCUT2D eigenvalue weighted by molar-refractivity contribution is 0.309.